The molecule has 0 spiro atoms. The summed E-state index contributed by atoms with van der Waals surface area (Å²) in [7, 11) is 0. The molecule has 0 saturated heterocycles. The first kappa shape index (κ1) is 11.5. The first-order chi connectivity index (χ1) is 7.43. The van der Waals surface area contributed by atoms with Gasteiger partial charge in [0.15, 0.2) is 0 Å². The van der Waals surface area contributed by atoms with Gasteiger partial charge in [-0.1, -0.05) is 48.0 Å². The van der Waals surface area contributed by atoms with Crippen LogP contribution in [0.25, 0.3) is 6.08 Å². The van der Waals surface area contributed by atoms with Gasteiger partial charge in [0.25, 0.3) is 0 Å². The van der Waals surface area contributed by atoms with Crippen molar-refractivity contribution in [3.63, 3.8) is 0 Å². The molecule has 15 heavy (non-hydrogen) atoms. The molecule has 1 heterocycles. The van der Waals surface area contributed by atoms with Crippen molar-refractivity contribution in [2.45, 2.75) is 0 Å². The Morgan fingerprint density at radius 2 is 1.47 bits per heavy atom. The van der Waals surface area contributed by atoms with Crippen LogP contribution >= 0.6 is 11.6 Å². The molecule has 0 N–H and O–H groups in total. The van der Waals surface area contributed by atoms with Crippen LogP contribution in [0, 0.1) is 0 Å². The SMILES string of the molecule is ClC=Cc1ccccc1.c1ccncc1. The van der Waals surface area contributed by atoms with Crippen LogP contribution in [0.5, 0.6) is 0 Å². The summed E-state index contributed by atoms with van der Waals surface area (Å²) in [4.78, 5) is 3.78. The summed E-state index contributed by atoms with van der Waals surface area (Å²) in [6.07, 6.45) is 5.35. The summed E-state index contributed by atoms with van der Waals surface area (Å²) in [5, 5.41) is 0. The minimum absolute atomic E-state index is 1.13. The fourth-order valence-corrected chi connectivity index (χ4v) is 1.09. The third kappa shape index (κ3) is 5.66. The molecule has 0 amide bonds. The van der Waals surface area contributed by atoms with E-state index < -0.39 is 0 Å². The summed E-state index contributed by atoms with van der Waals surface area (Å²) in [5.41, 5.74) is 2.64. The topological polar surface area (TPSA) is 12.9 Å². The second-order valence-corrected chi connectivity index (χ2v) is 2.98. The van der Waals surface area contributed by atoms with Crippen LogP contribution in [0.15, 0.2) is 66.5 Å². The normalized spacial score (nSPS) is 9.40. The molecule has 0 unspecified atom stereocenters. The zero-order valence-corrected chi connectivity index (χ0v) is 9.01. The van der Waals surface area contributed by atoms with Gasteiger partial charge in [-0.3, -0.25) is 4.98 Å². The van der Waals surface area contributed by atoms with E-state index in [9.17, 15) is 0 Å². The second kappa shape index (κ2) is 7.77. The van der Waals surface area contributed by atoms with E-state index >= 15 is 0 Å². The van der Waals surface area contributed by atoms with Crippen molar-refractivity contribution in [1.29, 1.82) is 0 Å². The molecule has 0 fully saturated rings. The van der Waals surface area contributed by atoms with E-state index in [1.54, 1.807) is 12.4 Å². The summed E-state index contributed by atoms with van der Waals surface area (Å²) in [5.74, 6) is 0. The van der Waals surface area contributed by atoms with Gasteiger partial charge < -0.3 is 0 Å². The number of hydrogen-bond acceptors (Lipinski definition) is 1. The molecule has 0 aliphatic rings. The van der Waals surface area contributed by atoms with E-state index in [1.807, 2.05) is 54.6 Å². The molecule has 0 aliphatic carbocycles. The lowest BCUT2D eigenvalue weighted by atomic mass is 10.2. The van der Waals surface area contributed by atoms with Crippen LogP contribution in [0.2, 0.25) is 0 Å². The number of hydrogen-bond donors (Lipinski definition) is 0. The molecular formula is C13H12ClN. The molecule has 2 aromatic rings. The fourth-order valence-electron chi connectivity index (χ4n) is 0.949. The number of benzene rings is 1. The smallest absolute Gasteiger partial charge is 0.0267 e. The average Bonchev–Trinajstić information content (AvgIpc) is 2.34. The molecule has 1 aromatic heterocycles. The zero-order chi connectivity index (χ0) is 10.8. The molecule has 2 heteroatoms. The highest BCUT2D eigenvalue weighted by atomic mass is 35.5. The molecule has 1 nitrogen and oxygen atoms in total. The number of halogens is 1. The average molecular weight is 218 g/mol. The number of aromatic nitrogens is 1. The van der Waals surface area contributed by atoms with E-state index in [2.05, 4.69) is 4.98 Å². The summed E-state index contributed by atoms with van der Waals surface area (Å²) >= 11 is 5.36. The van der Waals surface area contributed by atoms with E-state index in [0.717, 1.165) is 5.56 Å². The second-order valence-electron chi connectivity index (χ2n) is 2.73. The van der Waals surface area contributed by atoms with Crippen LogP contribution < -0.4 is 0 Å². The summed E-state index contributed by atoms with van der Waals surface area (Å²) in [6.45, 7) is 0. The maximum absolute atomic E-state index is 5.36. The Hall–Kier alpha value is -1.60. The van der Waals surface area contributed by atoms with Gasteiger partial charge in [-0.25, -0.2) is 0 Å². The molecule has 0 aliphatic heterocycles. The van der Waals surface area contributed by atoms with Crippen LogP contribution in [-0.2, 0) is 0 Å². The van der Waals surface area contributed by atoms with Crippen molar-refractivity contribution < 1.29 is 0 Å². The first-order valence-corrected chi connectivity index (χ1v) is 5.04. The lowest BCUT2D eigenvalue weighted by Gasteiger charge is -1.86. The lowest BCUT2D eigenvalue weighted by Crippen LogP contribution is -1.64. The van der Waals surface area contributed by atoms with Crippen molar-refractivity contribution in [2.75, 3.05) is 0 Å². The van der Waals surface area contributed by atoms with Crippen molar-refractivity contribution in [3.8, 4) is 0 Å². The zero-order valence-electron chi connectivity index (χ0n) is 8.25. The van der Waals surface area contributed by atoms with Gasteiger partial charge in [0, 0.05) is 17.9 Å². The molecule has 0 saturated carbocycles. The van der Waals surface area contributed by atoms with Crippen LogP contribution in [0.4, 0.5) is 0 Å². The molecule has 2 rings (SSSR count). The highest BCUT2D eigenvalue weighted by Crippen LogP contribution is 2.00. The van der Waals surface area contributed by atoms with Crippen molar-refractivity contribution in [2.24, 2.45) is 0 Å². The molecule has 0 radical (unpaired) electrons. The molecule has 0 atom stereocenters. The van der Waals surface area contributed by atoms with Gasteiger partial charge >= 0.3 is 0 Å². The van der Waals surface area contributed by atoms with Crippen molar-refractivity contribution in [1.82, 2.24) is 4.98 Å². The molecular weight excluding hydrogens is 206 g/mol. The Morgan fingerprint density at radius 3 is 1.87 bits per heavy atom. The van der Waals surface area contributed by atoms with Gasteiger partial charge in [0.2, 0.25) is 0 Å². The van der Waals surface area contributed by atoms with E-state index in [4.69, 9.17) is 11.6 Å². The molecule has 0 bridgehead atoms. The van der Waals surface area contributed by atoms with E-state index in [0.29, 0.717) is 0 Å². The van der Waals surface area contributed by atoms with Gasteiger partial charge in [0.1, 0.15) is 0 Å². The highest BCUT2D eigenvalue weighted by molar-refractivity contribution is 6.27. The Labute approximate surface area is 95.1 Å². The summed E-state index contributed by atoms with van der Waals surface area (Å²) in [6, 6.07) is 15.6. The Morgan fingerprint density at radius 1 is 0.867 bits per heavy atom. The first-order valence-electron chi connectivity index (χ1n) is 4.60. The van der Waals surface area contributed by atoms with Gasteiger partial charge in [-0.05, 0) is 23.8 Å². The third-order valence-corrected chi connectivity index (χ3v) is 1.75. The largest absolute Gasteiger partial charge is 0.265 e. The minimum atomic E-state index is 1.13. The summed E-state index contributed by atoms with van der Waals surface area (Å²) < 4.78 is 0. The lowest BCUT2D eigenvalue weighted by molar-refractivity contribution is 1.33. The Kier molecular flexibility index (Phi) is 5.95. The minimum Gasteiger partial charge on any atom is -0.265 e. The maximum Gasteiger partial charge on any atom is 0.0267 e. The van der Waals surface area contributed by atoms with Gasteiger partial charge in [0.05, 0.1) is 0 Å². The predicted octanol–water partition coefficient (Wildman–Crippen LogP) is 3.98. The third-order valence-electron chi connectivity index (χ3n) is 1.62. The van der Waals surface area contributed by atoms with Crippen LogP contribution in [0.3, 0.4) is 0 Å². The molecule has 1 aromatic carbocycles. The number of pyridine rings is 1. The van der Waals surface area contributed by atoms with Gasteiger partial charge in [-0.2, -0.15) is 0 Å². The Bertz CT molecular complexity index is 344. The number of nitrogens with zero attached hydrogens (tertiary/aromatic N) is 1. The van der Waals surface area contributed by atoms with Crippen LogP contribution in [0.1, 0.15) is 5.56 Å². The van der Waals surface area contributed by atoms with E-state index in [-0.39, 0.29) is 0 Å². The van der Waals surface area contributed by atoms with Gasteiger partial charge in [-0.15, -0.1) is 0 Å². The highest BCUT2D eigenvalue weighted by Gasteiger charge is 1.78. The van der Waals surface area contributed by atoms with Crippen molar-refractivity contribution >= 4 is 17.7 Å². The predicted molar refractivity (Wildman–Crippen MR) is 65.6 cm³/mol. The molecule has 76 valence electrons. The number of rotatable bonds is 1. The maximum atomic E-state index is 5.36. The van der Waals surface area contributed by atoms with Crippen LogP contribution in [-0.4, -0.2) is 4.98 Å². The quantitative estimate of drug-likeness (QED) is 0.704. The fraction of sp³-hybridized carbons (Fsp3) is 0. The standard InChI is InChI=1S/C8H7Cl.C5H5N/c9-7-6-8-4-2-1-3-5-8;1-2-4-6-5-3-1/h1-7H;1-5H. The Balaban J connectivity index is 0.000000162. The monoisotopic (exact) mass is 217 g/mol. The van der Waals surface area contributed by atoms with E-state index in [1.165, 1.54) is 5.54 Å². The van der Waals surface area contributed by atoms with Crippen molar-refractivity contribution in [3.05, 3.63) is 72.0 Å².